The van der Waals surface area contributed by atoms with E-state index in [1.165, 1.54) is 13.2 Å². The first kappa shape index (κ1) is 29.6. The third-order valence-electron chi connectivity index (χ3n) is 7.48. The highest BCUT2D eigenvalue weighted by Gasteiger charge is 2.41. The molecular weight excluding hydrogens is 572 g/mol. The standard InChI is InChI=1S/C28H31F2N5O6S/c1-28(2)15-35(42(38,39)20-11-17(29)10-18(30)12-20)14-22-24(28)33-34-25(22)32-27(37)21-5-4-19(40-3)13-23(21)31-26(36)16-6-8-41-9-7-16/h4-5,10-13,16H,6-9,14-15H2,1-3H3,(H,31,36)(H2,32,33,34,37). The van der Waals surface area contributed by atoms with Crippen LogP contribution < -0.4 is 15.4 Å². The van der Waals surface area contributed by atoms with E-state index in [1.54, 1.807) is 26.0 Å². The molecule has 1 fully saturated rings. The van der Waals surface area contributed by atoms with Crippen molar-refractivity contribution in [2.75, 3.05) is 37.5 Å². The average molecular weight is 604 g/mol. The van der Waals surface area contributed by atoms with Crippen LogP contribution in [0.1, 0.15) is 48.3 Å². The number of H-pyrrole nitrogens is 1. The Morgan fingerprint density at radius 3 is 2.45 bits per heavy atom. The van der Waals surface area contributed by atoms with E-state index in [0.29, 0.717) is 49.1 Å². The number of carbonyl (C=O) groups excluding carboxylic acids is 2. The van der Waals surface area contributed by atoms with Gasteiger partial charge < -0.3 is 20.1 Å². The number of nitrogens with zero attached hydrogens (tertiary/aromatic N) is 2. The third-order valence-corrected chi connectivity index (χ3v) is 9.25. The van der Waals surface area contributed by atoms with E-state index in [4.69, 9.17) is 9.47 Å². The number of halogens is 2. The summed E-state index contributed by atoms with van der Waals surface area (Å²) in [5.74, 6) is -2.61. The molecule has 0 spiro atoms. The highest BCUT2D eigenvalue weighted by molar-refractivity contribution is 7.89. The molecule has 224 valence electrons. The normalized spacial score (nSPS) is 17.4. The molecule has 2 aliphatic rings. The van der Waals surface area contributed by atoms with Crippen LogP contribution >= 0.6 is 0 Å². The number of anilines is 2. The lowest BCUT2D eigenvalue weighted by atomic mass is 9.84. The number of aromatic amines is 1. The second-order valence-corrected chi connectivity index (χ2v) is 12.9. The van der Waals surface area contributed by atoms with Crippen LogP contribution in [0.3, 0.4) is 0 Å². The molecule has 2 amide bonds. The number of hydrogen-bond acceptors (Lipinski definition) is 7. The molecule has 0 atom stereocenters. The maximum atomic E-state index is 13.9. The van der Waals surface area contributed by atoms with Gasteiger partial charge in [-0.15, -0.1) is 0 Å². The van der Waals surface area contributed by atoms with Crippen LogP contribution in [-0.4, -0.2) is 61.6 Å². The van der Waals surface area contributed by atoms with Crippen LogP contribution in [0.4, 0.5) is 20.3 Å². The minimum atomic E-state index is -4.31. The van der Waals surface area contributed by atoms with Crippen LogP contribution in [0, 0.1) is 17.6 Å². The molecule has 1 aromatic heterocycles. The second-order valence-electron chi connectivity index (χ2n) is 10.9. The number of aromatic nitrogens is 2. The Labute approximate surface area is 241 Å². The predicted molar refractivity (Wildman–Crippen MR) is 149 cm³/mol. The highest BCUT2D eigenvalue weighted by atomic mass is 32.2. The quantitative estimate of drug-likeness (QED) is 0.373. The molecule has 0 unspecified atom stereocenters. The summed E-state index contributed by atoms with van der Waals surface area (Å²) in [6.45, 7) is 4.32. The van der Waals surface area contributed by atoms with Crippen molar-refractivity contribution in [2.45, 2.75) is 43.5 Å². The summed E-state index contributed by atoms with van der Waals surface area (Å²) in [4.78, 5) is 25.9. The third kappa shape index (κ3) is 5.87. The van der Waals surface area contributed by atoms with Gasteiger partial charge in [0.25, 0.3) is 5.91 Å². The topological polar surface area (TPSA) is 143 Å². The largest absolute Gasteiger partial charge is 0.497 e. The number of benzene rings is 2. The summed E-state index contributed by atoms with van der Waals surface area (Å²) in [6, 6.07) is 6.75. The molecular formula is C28H31F2N5O6S. The first-order chi connectivity index (χ1) is 19.9. The molecule has 0 saturated carbocycles. The van der Waals surface area contributed by atoms with Gasteiger partial charge >= 0.3 is 0 Å². The van der Waals surface area contributed by atoms with E-state index in [1.807, 2.05) is 0 Å². The number of nitrogens with one attached hydrogen (secondary N) is 3. The van der Waals surface area contributed by atoms with Crippen molar-refractivity contribution < 1.29 is 36.3 Å². The van der Waals surface area contributed by atoms with Crippen LogP contribution in [0.5, 0.6) is 5.75 Å². The van der Waals surface area contributed by atoms with Gasteiger partial charge in [0.05, 0.1) is 23.3 Å². The Bertz CT molecular complexity index is 1620. The maximum Gasteiger partial charge on any atom is 0.258 e. The Morgan fingerprint density at radius 2 is 1.79 bits per heavy atom. The first-order valence-electron chi connectivity index (χ1n) is 13.3. The van der Waals surface area contributed by atoms with Crippen molar-refractivity contribution in [3.63, 3.8) is 0 Å². The molecule has 0 aliphatic carbocycles. The summed E-state index contributed by atoms with van der Waals surface area (Å²) < 4.78 is 66.3. The van der Waals surface area contributed by atoms with Gasteiger partial charge in [-0.2, -0.15) is 9.40 Å². The number of sulfonamides is 1. The maximum absolute atomic E-state index is 13.9. The fourth-order valence-electron chi connectivity index (χ4n) is 5.25. The van der Waals surface area contributed by atoms with E-state index in [2.05, 4.69) is 20.8 Å². The lowest BCUT2D eigenvalue weighted by Crippen LogP contribution is -2.45. The fourth-order valence-corrected chi connectivity index (χ4v) is 6.87. The number of carbonyl (C=O) groups is 2. The van der Waals surface area contributed by atoms with E-state index in [9.17, 15) is 26.8 Å². The summed E-state index contributed by atoms with van der Waals surface area (Å²) in [5.41, 5.74) is 0.609. The molecule has 3 heterocycles. The van der Waals surface area contributed by atoms with Crippen molar-refractivity contribution in [1.82, 2.24) is 14.5 Å². The van der Waals surface area contributed by atoms with Crippen LogP contribution in [0.25, 0.3) is 0 Å². The summed E-state index contributed by atoms with van der Waals surface area (Å²) in [6.07, 6.45) is 1.13. The van der Waals surface area contributed by atoms with E-state index < -0.39 is 37.9 Å². The van der Waals surface area contributed by atoms with Crippen molar-refractivity contribution >= 4 is 33.3 Å². The molecule has 3 N–H and O–H groups in total. The van der Waals surface area contributed by atoms with Crippen LogP contribution in [0.15, 0.2) is 41.3 Å². The molecule has 0 radical (unpaired) electrons. The van der Waals surface area contributed by atoms with Gasteiger partial charge in [-0.3, -0.25) is 14.7 Å². The zero-order chi connectivity index (χ0) is 30.2. The van der Waals surface area contributed by atoms with Gasteiger partial charge in [-0.05, 0) is 37.1 Å². The number of amides is 2. The Morgan fingerprint density at radius 1 is 1.10 bits per heavy atom. The van der Waals surface area contributed by atoms with Crippen molar-refractivity contribution in [3.8, 4) is 5.75 Å². The minimum absolute atomic E-state index is 0.00306. The van der Waals surface area contributed by atoms with Crippen molar-refractivity contribution in [2.24, 2.45) is 5.92 Å². The Kier molecular flexibility index (Phi) is 8.05. The van der Waals surface area contributed by atoms with Gasteiger partial charge in [0, 0.05) is 61.0 Å². The first-order valence-corrected chi connectivity index (χ1v) is 14.7. The number of ether oxygens (including phenoxy) is 2. The summed E-state index contributed by atoms with van der Waals surface area (Å²) in [5, 5.41) is 12.7. The Hall–Kier alpha value is -3.88. The van der Waals surface area contributed by atoms with Crippen LogP contribution in [-0.2, 0) is 31.5 Å². The highest BCUT2D eigenvalue weighted by Crippen LogP contribution is 2.38. The number of hydrogen-bond donors (Lipinski definition) is 3. The van der Waals surface area contributed by atoms with Crippen molar-refractivity contribution in [1.29, 1.82) is 0 Å². The average Bonchev–Trinajstić information content (AvgIpc) is 3.36. The van der Waals surface area contributed by atoms with E-state index in [-0.39, 0.29) is 42.0 Å². The van der Waals surface area contributed by atoms with E-state index >= 15 is 0 Å². The molecule has 5 rings (SSSR count). The van der Waals surface area contributed by atoms with Gasteiger partial charge in [0.2, 0.25) is 15.9 Å². The zero-order valence-corrected chi connectivity index (χ0v) is 24.1. The molecule has 42 heavy (non-hydrogen) atoms. The Balaban J connectivity index is 1.43. The number of fused-ring (bicyclic) bond motifs is 1. The molecule has 2 aliphatic heterocycles. The predicted octanol–water partition coefficient (Wildman–Crippen LogP) is 3.80. The molecule has 2 aromatic carbocycles. The molecule has 14 heteroatoms. The summed E-state index contributed by atoms with van der Waals surface area (Å²) in [7, 11) is -2.84. The smallest absolute Gasteiger partial charge is 0.258 e. The monoisotopic (exact) mass is 603 g/mol. The summed E-state index contributed by atoms with van der Waals surface area (Å²) >= 11 is 0. The van der Waals surface area contributed by atoms with Gasteiger partial charge in [-0.1, -0.05) is 13.8 Å². The fraction of sp³-hybridized carbons (Fsp3) is 0.393. The number of rotatable bonds is 7. The number of methoxy groups -OCH3 is 1. The molecule has 11 nitrogen and oxygen atoms in total. The molecule has 0 bridgehead atoms. The zero-order valence-electron chi connectivity index (χ0n) is 23.3. The lowest BCUT2D eigenvalue weighted by molar-refractivity contribution is -0.122. The lowest BCUT2D eigenvalue weighted by Gasteiger charge is -2.36. The molecule has 3 aromatic rings. The SMILES string of the molecule is COc1ccc(C(=O)Nc2n[nH]c3c2CN(S(=O)(=O)c2cc(F)cc(F)c2)CC3(C)C)c(NC(=O)C2CCOCC2)c1. The van der Waals surface area contributed by atoms with Crippen LogP contribution in [0.2, 0.25) is 0 Å². The van der Waals surface area contributed by atoms with E-state index in [0.717, 1.165) is 16.4 Å². The van der Waals surface area contributed by atoms with Crippen molar-refractivity contribution in [3.05, 3.63) is 64.9 Å². The van der Waals surface area contributed by atoms with Gasteiger partial charge in [-0.25, -0.2) is 17.2 Å². The second kappa shape index (κ2) is 11.4. The molecule has 1 saturated heterocycles. The van der Waals surface area contributed by atoms with Gasteiger partial charge in [0.15, 0.2) is 5.82 Å². The van der Waals surface area contributed by atoms with Gasteiger partial charge in [0.1, 0.15) is 17.4 Å². The minimum Gasteiger partial charge on any atom is -0.497 e.